The molecule has 0 amide bonds. The van der Waals surface area contributed by atoms with E-state index in [2.05, 4.69) is 49.8 Å². The molecule has 0 saturated heterocycles. The molecule has 0 N–H and O–H groups in total. The van der Waals surface area contributed by atoms with E-state index in [1.165, 1.54) is 0 Å². The molecule has 0 saturated carbocycles. The predicted molar refractivity (Wildman–Crippen MR) is 81.7 cm³/mol. The number of hydrogen-bond acceptors (Lipinski definition) is 1. The zero-order valence-electron chi connectivity index (χ0n) is 11.3. The van der Waals surface area contributed by atoms with Crippen molar-refractivity contribution < 1.29 is 4.43 Å². The van der Waals surface area contributed by atoms with Gasteiger partial charge in [0.25, 0.3) is 0 Å². The van der Waals surface area contributed by atoms with Crippen LogP contribution in [0.3, 0.4) is 0 Å². The minimum absolute atomic E-state index is 0.200. The van der Waals surface area contributed by atoms with E-state index in [0.29, 0.717) is 0 Å². The first-order valence-corrected chi connectivity index (χ1v) is 9.78. The lowest BCUT2D eigenvalue weighted by atomic mass is 10.2. The van der Waals surface area contributed by atoms with Crippen LogP contribution in [0.15, 0.2) is 16.6 Å². The maximum Gasteiger partial charge on any atom is 0.250 e. The Morgan fingerprint density at radius 1 is 1.24 bits per heavy atom. The topological polar surface area (TPSA) is 9.23 Å². The highest BCUT2D eigenvalue weighted by Gasteiger charge is 2.39. The molecule has 1 aromatic rings. The fourth-order valence-electron chi connectivity index (χ4n) is 1.17. The zero-order chi connectivity index (χ0) is 13.4. The second kappa shape index (κ2) is 4.94. The van der Waals surface area contributed by atoms with Crippen molar-refractivity contribution in [3.63, 3.8) is 0 Å². The Bertz CT molecular complexity index is 424. The van der Waals surface area contributed by atoms with Crippen molar-refractivity contribution in [2.24, 2.45) is 0 Å². The summed E-state index contributed by atoms with van der Waals surface area (Å²) in [5.74, 6) is 0.938. The molecular formula is C13H20BrClOSi. The van der Waals surface area contributed by atoms with Gasteiger partial charge in [0.05, 0.1) is 5.02 Å². The third-order valence-corrected chi connectivity index (χ3v) is 9.37. The molecule has 0 aromatic heterocycles. The molecule has 0 unspecified atom stereocenters. The fraction of sp³-hybridized carbons (Fsp3) is 0.538. The van der Waals surface area contributed by atoms with Crippen molar-refractivity contribution in [3.8, 4) is 5.75 Å². The van der Waals surface area contributed by atoms with Crippen molar-refractivity contribution in [3.05, 3.63) is 27.2 Å². The molecule has 1 rings (SSSR count). The molecule has 17 heavy (non-hydrogen) atoms. The third-order valence-electron chi connectivity index (χ3n) is 3.46. The van der Waals surface area contributed by atoms with Gasteiger partial charge in [0, 0.05) is 10.0 Å². The van der Waals surface area contributed by atoms with E-state index in [0.717, 1.165) is 20.8 Å². The maximum atomic E-state index is 6.28. The van der Waals surface area contributed by atoms with Gasteiger partial charge in [-0.25, -0.2) is 0 Å². The van der Waals surface area contributed by atoms with Crippen LogP contribution in [0.1, 0.15) is 26.3 Å². The zero-order valence-corrected chi connectivity index (χ0v) is 14.7. The molecule has 0 bridgehead atoms. The van der Waals surface area contributed by atoms with Crippen molar-refractivity contribution in [1.82, 2.24) is 0 Å². The van der Waals surface area contributed by atoms with Gasteiger partial charge in [0.1, 0.15) is 5.75 Å². The van der Waals surface area contributed by atoms with Crippen molar-refractivity contribution >= 4 is 35.8 Å². The van der Waals surface area contributed by atoms with Gasteiger partial charge in [-0.2, -0.15) is 0 Å². The van der Waals surface area contributed by atoms with Crippen LogP contribution in [-0.4, -0.2) is 8.32 Å². The first-order chi connectivity index (χ1) is 7.56. The van der Waals surface area contributed by atoms with E-state index in [4.69, 9.17) is 16.0 Å². The fourth-order valence-corrected chi connectivity index (χ4v) is 2.78. The van der Waals surface area contributed by atoms with E-state index in [-0.39, 0.29) is 5.04 Å². The van der Waals surface area contributed by atoms with Crippen LogP contribution in [0.5, 0.6) is 5.75 Å². The van der Waals surface area contributed by atoms with Gasteiger partial charge < -0.3 is 4.43 Å². The largest absolute Gasteiger partial charge is 0.543 e. The van der Waals surface area contributed by atoms with Crippen LogP contribution in [0, 0.1) is 6.92 Å². The highest BCUT2D eigenvalue weighted by molar-refractivity contribution is 9.10. The highest BCUT2D eigenvalue weighted by Crippen LogP contribution is 2.40. The first-order valence-electron chi connectivity index (χ1n) is 5.70. The molecule has 0 spiro atoms. The lowest BCUT2D eigenvalue weighted by Gasteiger charge is -2.37. The van der Waals surface area contributed by atoms with Crippen LogP contribution in [0.4, 0.5) is 0 Å². The summed E-state index contributed by atoms with van der Waals surface area (Å²) in [5.41, 5.74) is 1.07. The Morgan fingerprint density at radius 2 is 1.76 bits per heavy atom. The summed E-state index contributed by atoms with van der Waals surface area (Å²) in [6.45, 7) is 13.2. The lowest BCUT2D eigenvalue weighted by molar-refractivity contribution is 0.489. The van der Waals surface area contributed by atoms with Gasteiger partial charge >= 0.3 is 0 Å². The van der Waals surface area contributed by atoms with E-state index in [1.807, 2.05) is 19.1 Å². The van der Waals surface area contributed by atoms with Crippen molar-refractivity contribution in [2.45, 2.75) is 45.8 Å². The molecule has 0 atom stereocenters. The highest BCUT2D eigenvalue weighted by atomic mass is 79.9. The number of rotatable bonds is 2. The summed E-state index contributed by atoms with van der Waals surface area (Å²) < 4.78 is 7.21. The second-order valence-electron chi connectivity index (χ2n) is 5.85. The molecular weight excluding hydrogens is 316 g/mol. The average Bonchev–Trinajstić information content (AvgIpc) is 2.17. The van der Waals surface area contributed by atoms with Crippen LogP contribution >= 0.6 is 27.5 Å². The normalized spacial score (nSPS) is 12.7. The first kappa shape index (κ1) is 15.1. The summed E-state index contributed by atoms with van der Waals surface area (Å²) in [5, 5.41) is 0.927. The van der Waals surface area contributed by atoms with Gasteiger partial charge in [-0.3, -0.25) is 0 Å². The van der Waals surface area contributed by atoms with Gasteiger partial charge in [-0.1, -0.05) is 32.4 Å². The molecule has 1 nitrogen and oxygen atoms in total. The minimum Gasteiger partial charge on any atom is -0.543 e. The van der Waals surface area contributed by atoms with E-state index in [9.17, 15) is 0 Å². The third kappa shape index (κ3) is 3.27. The summed E-state index contributed by atoms with van der Waals surface area (Å²) in [7, 11) is -1.78. The standard InChI is InChI=1S/C13H20BrClOSi/c1-9-11(8-7-10(15)12(9)14)16-17(5,6)13(2,3)4/h7-8H,1-6H3. The van der Waals surface area contributed by atoms with Gasteiger partial charge in [0.2, 0.25) is 8.32 Å². The van der Waals surface area contributed by atoms with Gasteiger partial charge in [-0.05, 0) is 53.1 Å². The molecule has 4 heteroatoms. The van der Waals surface area contributed by atoms with E-state index < -0.39 is 8.32 Å². The van der Waals surface area contributed by atoms with Crippen LogP contribution in [-0.2, 0) is 0 Å². The Morgan fingerprint density at radius 3 is 2.24 bits per heavy atom. The van der Waals surface area contributed by atoms with Crippen molar-refractivity contribution in [2.75, 3.05) is 0 Å². The molecule has 0 radical (unpaired) electrons. The number of halogens is 2. The summed E-state index contributed by atoms with van der Waals surface area (Å²) in [4.78, 5) is 0. The molecule has 96 valence electrons. The predicted octanol–water partition coefficient (Wildman–Crippen LogP) is 5.79. The van der Waals surface area contributed by atoms with Crippen molar-refractivity contribution in [1.29, 1.82) is 0 Å². The summed E-state index contributed by atoms with van der Waals surface area (Å²) >= 11 is 9.55. The minimum atomic E-state index is -1.78. The number of hydrogen-bond donors (Lipinski definition) is 0. The molecule has 1 aromatic carbocycles. The quantitative estimate of drug-likeness (QED) is 0.621. The molecule has 0 heterocycles. The molecule has 0 aliphatic heterocycles. The van der Waals surface area contributed by atoms with E-state index in [1.54, 1.807) is 0 Å². The summed E-state index contributed by atoms with van der Waals surface area (Å²) in [6.07, 6.45) is 0. The second-order valence-corrected chi connectivity index (χ2v) is 11.8. The van der Waals surface area contributed by atoms with Gasteiger partial charge in [0.15, 0.2) is 0 Å². The van der Waals surface area contributed by atoms with Gasteiger partial charge in [-0.15, -0.1) is 0 Å². The molecule has 0 fully saturated rings. The Balaban J connectivity index is 3.09. The summed E-state index contributed by atoms with van der Waals surface area (Å²) in [6, 6.07) is 3.84. The maximum absolute atomic E-state index is 6.28. The smallest absolute Gasteiger partial charge is 0.250 e. The Hall–Kier alpha value is 0.00688. The Kier molecular flexibility index (Phi) is 4.38. The number of benzene rings is 1. The average molecular weight is 336 g/mol. The van der Waals surface area contributed by atoms with Crippen LogP contribution in [0.2, 0.25) is 23.2 Å². The SMILES string of the molecule is Cc1c(O[Si](C)(C)C(C)(C)C)ccc(Cl)c1Br. The Labute approximate surface area is 119 Å². The monoisotopic (exact) mass is 334 g/mol. The van der Waals surface area contributed by atoms with Crippen LogP contribution in [0.25, 0.3) is 0 Å². The van der Waals surface area contributed by atoms with Crippen LogP contribution < -0.4 is 4.43 Å². The molecule has 0 aliphatic rings. The van der Waals surface area contributed by atoms with E-state index >= 15 is 0 Å². The lowest BCUT2D eigenvalue weighted by Crippen LogP contribution is -2.44. The molecule has 0 aliphatic carbocycles.